The van der Waals surface area contributed by atoms with Gasteiger partial charge in [0.05, 0.1) is 5.69 Å². The van der Waals surface area contributed by atoms with Crippen molar-refractivity contribution in [3.05, 3.63) is 28.2 Å². The highest BCUT2D eigenvalue weighted by atomic mass is 79.9. The van der Waals surface area contributed by atoms with Crippen LogP contribution in [0.2, 0.25) is 0 Å². The zero-order valence-corrected chi connectivity index (χ0v) is 13.6. The minimum atomic E-state index is -0.551. The van der Waals surface area contributed by atoms with E-state index in [2.05, 4.69) is 21.2 Å². The van der Waals surface area contributed by atoms with Crippen LogP contribution in [0.5, 0.6) is 0 Å². The van der Waals surface area contributed by atoms with E-state index in [1.54, 1.807) is 0 Å². The van der Waals surface area contributed by atoms with Gasteiger partial charge in [0.2, 0.25) is 0 Å². The predicted molar refractivity (Wildman–Crippen MR) is 81.2 cm³/mol. The Morgan fingerprint density at radius 2 is 1.84 bits per heavy atom. The molecule has 3 N–H and O–H groups in total. The summed E-state index contributed by atoms with van der Waals surface area (Å²) in [6.07, 6.45) is -0.490. The number of carbonyl (C=O) groups excluding carboxylic acids is 1. The summed E-state index contributed by atoms with van der Waals surface area (Å²) in [5, 5.41) is 2.74. The van der Waals surface area contributed by atoms with E-state index in [0.29, 0.717) is 5.69 Å². The monoisotopic (exact) mass is 328 g/mol. The van der Waals surface area contributed by atoms with Gasteiger partial charge in [-0.2, -0.15) is 0 Å². The summed E-state index contributed by atoms with van der Waals surface area (Å²) in [5.74, 6) is 0. The smallest absolute Gasteiger partial charge is 0.412 e. The molecule has 0 unspecified atom stereocenters. The van der Waals surface area contributed by atoms with Crippen molar-refractivity contribution in [1.82, 2.24) is 0 Å². The Kier molecular flexibility index (Phi) is 4.63. The van der Waals surface area contributed by atoms with Crippen LogP contribution in [0, 0.1) is 0 Å². The lowest BCUT2D eigenvalue weighted by atomic mass is 9.94. The van der Waals surface area contributed by atoms with Crippen LogP contribution in [0.1, 0.15) is 40.2 Å². The van der Waals surface area contributed by atoms with Crippen molar-refractivity contribution in [2.45, 2.75) is 45.8 Å². The van der Waals surface area contributed by atoms with Gasteiger partial charge in [-0.25, -0.2) is 4.79 Å². The molecule has 0 spiro atoms. The van der Waals surface area contributed by atoms with E-state index >= 15 is 0 Å². The molecule has 0 radical (unpaired) electrons. The summed E-state index contributed by atoms with van der Waals surface area (Å²) < 4.78 is 6.11. The van der Waals surface area contributed by atoms with Gasteiger partial charge in [0, 0.05) is 10.0 Å². The molecule has 0 aliphatic carbocycles. The summed E-state index contributed by atoms with van der Waals surface area (Å²) in [6, 6.07) is 5.59. The molecule has 0 aliphatic heterocycles. The number of nitrogens with one attached hydrogen (secondary N) is 1. The number of anilines is 1. The number of benzene rings is 1. The molecule has 0 bridgehead atoms. The molecule has 5 heteroatoms. The minimum absolute atomic E-state index is 0.490. The van der Waals surface area contributed by atoms with Gasteiger partial charge in [0.15, 0.2) is 0 Å². The lowest BCUT2D eigenvalue weighted by Crippen LogP contribution is -2.32. The molecule has 0 heterocycles. The maximum absolute atomic E-state index is 11.8. The lowest BCUT2D eigenvalue weighted by Gasteiger charge is -2.25. The minimum Gasteiger partial charge on any atom is -0.444 e. The SMILES string of the molecule is CC(C)(C)OC(=O)Nc1cc(Br)ccc1C(C)(C)N. The van der Waals surface area contributed by atoms with Gasteiger partial charge in [-0.05, 0) is 52.3 Å². The summed E-state index contributed by atoms with van der Waals surface area (Å²) in [4.78, 5) is 11.8. The highest BCUT2D eigenvalue weighted by Crippen LogP contribution is 2.29. The highest BCUT2D eigenvalue weighted by molar-refractivity contribution is 9.10. The van der Waals surface area contributed by atoms with Crippen LogP contribution in [0.15, 0.2) is 22.7 Å². The van der Waals surface area contributed by atoms with Gasteiger partial charge in [-0.3, -0.25) is 5.32 Å². The quantitative estimate of drug-likeness (QED) is 0.862. The average Bonchev–Trinajstić information content (AvgIpc) is 2.11. The maximum Gasteiger partial charge on any atom is 0.412 e. The fourth-order valence-electron chi connectivity index (χ4n) is 1.60. The average molecular weight is 329 g/mol. The molecule has 0 fully saturated rings. The van der Waals surface area contributed by atoms with Crippen molar-refractivity contribution in [1.29, 1.82) is 0 Å². The number of hydrogen-bond donors (Lipinski definition) is 2. The molecular weight excluding hydrogens is 308 g/mol. The number of hydrogen-bond acceptors (Lipinski definition) is 3. The van der Waals surface area contributed by atoms with E-state index < -0.39 is 17.2 Å². The largest absolute Gasteiger partial charge is 0.444 e. The number of nitrogens with two attached hydrogens (primary N) is 1. The standard InChI is InChI=1S/C14H21BrN2O2/c1-13(2,3)19-12(18)17-11-8-9(15)6-7-10(11)14(4,5)16/h6-8H,16H2,1-5H3,(H,17,18). The van der Waals surface area contributed by atoms with Gasteiger partial charge in [0.1, 0.15) is 5.60 Å². The molecule has 0 saturated heterocycles. The molecule has 19 heavy (non-hydrogen) atoms. The Hall–Kier alpha value is -1.07. The van der Waals surface area contributed by atoms with Crippen molar-refractivity contribution >= 4 is 27.7 Å². The molecule has 1 rings (SSSR count). The van der Waals surface area contributed by atoms with Gasteiger partial charge in [0.25, 0.3) is 0 Å². The van der Waals surface area contributed by atoms with Crippen LogP contribution in [-0.4, -0.2) is 11.7 Å². The molecule has 1 aromatic carbocycles. The third-order valence-electron chi connectivity index (χ3n) is 2.31. The summed E-state index contributed by atoms with van der Waals surface area (Å²) in [7, 11) is 0. The predicted octanol–water partition coefficient (Wildman–Crippen LogP) is 3.99. The molecule has 1 amide bonds. The van der Waals surface area contributed by atoms with Gasteiger partial charge >= 0.3 is 6.09 Å². The van der Waals surface area contributed by atoms with Crippen LogP contribution in [0.25, 0.3) is 0 Å². The zero-order valence-electron chi connectivity index (χ0n) is 12.0. The van der Waals surface area contributed by atoms with Crippen molar-refractivity contribution in [2.24, 2.45) is 5.73 Å². The van der Waals surface area contributed by atoms with E-state index in [1.807, 2.05) is 52.8 Å². The number of ether oxygens (including phenoxy) is 1. The second-order valence-electron chi connectivity index (χ2n) is 6.04. The van der Waals surface area contributed by atoms with Crippen molar-refractivity contribution in [2.75, 3.05) is 5.32 Å². The zero-order chi connectivity index (χ0) is 14.8. The van der Waals surface area contributed by atoms with Gasteiger partial charge in [-0.1, -0.05) is 22.0 Å². The first-order valence-electron chi connectivity index (χ1n) is 6.08. The highest BCUT2D eigenvalue weighted by Gasteiger charge is 2.22. The lowest BCUT2D eigenvalue weighted by molar-refractivity contribution is 0.0635. The molecule has 0 saturated carbocycles. The Balaban J connectivity index is 3.00. The molecule has 0 atom stereocenters. The van der Waals surface area contributed by atoms with E-state index in [4.69, 9.17) is 10.5 Å². The molecule has 0 aliphatic rings. The number of amides is 1. The Morgan fingerprint density at radius 3 is 2.32 bits per heavy atom. The number of carbonyl (C=O) groups is 1. The molecule has 106 valence electrons. The molecule has 0 aromatic heterocycles. The molecule has 1 aromatic rings. The van der Waals surface area contributed by atoms with Gasteiger partial charge in [-0.15, -0.1) is 0 Å². The summed E-state index contributed by atoms with van der Waals surface area (Å²) in [6.45, 7) is 9.23. The first-order valence-corrected chi connectivity index (χ1v) is 6.87. The Bertz CT molecular complexity index is 473. The topological polar surface area (TPSA) is 64.3 Å². The van der Waals surface area contributed by atoms with E-state index in [1.165, 1.54) is 0 Å². The third kappa shape index (κ3) is 5.20. The Labute approximate surface area is 122 Å². The summed E-state index contributed by atoms with van der Waals surface area (Å²) >= 11 is 3.38. The van der Waals surface area contributed by atoms with Gasteiger partial charge < -0.3 is 10.5 Å². The van der Waals surface area contributed by atoms with E-state index in [0.717, 1.165) is 10.0 Å². The van der Waals surface area contributed by atoms with Crippen molar-refractivity contribution in [3.63, 3.8) is 0 Å². The summed E-state index contributed by atoms with van der Waals surface area (Å²) in [5.41, 5.74) is 6.52. The fraction of sp³-hybridized carbons (Fsp3) is 0.500. The Morgan fingerprint density at radius 1 is 1.26 bits per heavy atom. The second kappa shape index (κ2) is 5.51. The fourth-order valence-corrected chi connectivity index (χ4v) is 1.96. The first-order chi connectivity index (χ1) is 8.49. The molecule has 4 nitrogen and oxygen atoms in total. The number of halogens is 1. The third-order valence-corrected chi connectivity index (χ3v) is 2.80. The second-order valence-corrected chi connectivity index (χ2v) is 6.95. The number of rotatable bonds is 2. The normalized spacial score (nSPS) is 12.2. The van der Waals surface area contributed by atoms with Crippen molar-refractivity contribution in [3.8, 4) is 0 Å². The first kappa shape index (κ1) is 16.0. The van der Waals surface area contributed by atoms with Crippen LogP contribution < -0.4 is 11.1 Å². The van der Waals surface area contributed by atoms with Crippen LogP contribution in [0.4, 0.5) is 10.5 Å². The molecular formula is C14H21BrN2O2. The maximum atomic E-state index is 11.8. The van der Waals surface area contributed by atoms with Crippen LogP contribution >= 0.6 is 15.9 Å². The van der Waals surface area contributed by atoms with E-state index in [-0.39, 0.29) is 0 Å². The van der Waals surface area contributed by atoms with Crippen LogP contribution in [-0.2, 0) is 10.3 Å². The van der Waals surface area contributed by atoms with Crippen LogP contribution in [0.3, 0.4) is 0 Å². The van der Waals surface area contributed by atoms with E-state index in [9.17, 15) is 4.79 Å². The van der Waals surface area contributed by atoms with Crippen molar-refractivity contribution < 1.29 is 9.53 Å².